The number of pyridine rings is 1. The Balaban J connectivity index is 1.49. The van der Waals surface area contributed by atoms with Crippen LogP contribution in [0.25, 0.3) is 11.1 Å². The largest absolute Gasteiger partial charge is 0.486 e. The van der Waals surface area contributed by atoms with Gasteiger partial charge in [0.25, 0.3) is 5.91 Å². The molecule has 5 rings (SSSR count). The Hall–Kier alpha value is -2.40. The van der Waals surface area contributed by atoms with Gasteiger partial charge in [-0.2, -0.15) is 0 Å². The Morgan fingerprint density at radius 2 is 2.04 bits per heavy atom. The normalized spacial score (nSPS) is 25.9. The van der Waals surface area contributed by atoms with Crippen molar-refractivity contribution in [1.29, 1.82) is 0 Å². The van der Waals surface area contributed by atoms with E-state index in [0.717, 1.165) is 24.2 Å². The molecule has 0 N–H and O–H groups in total. The zero-order valence-electron chi connectivity index (χ0n) is 15.0. The molecule has 2 atom stereocenters. The third-order valence-corrected chi connectivity index (χ3v) is 6.16. The van der Waals surface area contributed by atoms with Gasteiger partial charge in [-0.05, 0) is 36.6 Å². The maximum Gasteiger partial charge on any atom is 0.257 e. The first-order valence-electron chi connectivity index (χ1n) is 9.43. The van der Waals surface area contributed by atoms with E-state index >= 15 is 0 Å². The first-order valence-corrected chi connectivity index (χ1v) is 9.43. The van der Waals surface area contributed by atoms with E-state index < -0.39 is 0 Å². The number of amides is 1. The van der Waals surface area contributed by atoms with Crippen molar-refractivity contribution in [3.8, 4) is 16.9 Å². The van der Waals surface area contributed by atoms with Gasteiger partial charge in [0.1, 0.15) is 11.9 Å². The monoisotopic (exact) mass is 349 g/mol. The number of likely N-dealkylation sites (N-methyl/N-ethyl adjacent to an activating group) is 1. The number of ether oxygens (including phenoxy) is 1. The molecular formula is C21H23N3O2. The van der Waals surface area contributed by atoms with E-state index in [9.17, 15) is 4.79 Å². The highest BCUT2D eigenvalue weighted by atomic mass is 16.5. The zero-order valence-corrected chi connectivity index (χ0v) is 15.0. The fourth-order valence-electron chi connectivity index (χ4n) is 4.34. The Morgan fingerprint density at radius 3 is 2.77 bits per heavy atom. The summed E-state index contributed by atoms with van der Waals surface area (Å²) >= 11 is 0. The lowest BCUT2D eigenvalue weighted by Gasteiger charge is -2.35. The van der Waals surface area contributed by atoms with E-state index in [1.54, 1.807) is 6.20 Å². The Bertz CT molecular complexity index is 834. The van der Waals surface area contributed by atoms with E-state index in [1.165, 1.54) is 19.3 Å². The highest BCUT2D eigenvalue weighted by Gasteiger charge is 2.44. The smallest absolute Gasteiger partial charge is 0.257 e. The number of carbonyl (C=O) groups excluding carboxylic acids is 1. The third kappa shape index (κ3) is 2.50. The molecule has 0 radical (unpaired) electrons. The van der Waals surface area contributed by atoms with Crippen molar-refractivity contribution >= 4 is 5.91 Å². The van der Waals surface area contributed by atoms with Gasteiger partial charge in [-0.3, -0.25) is 14.7 Å². The molecule has 1 saturated carbocycles. The predicted molar refractivity (Wildman–Crippen MR) is 99.2 cm³/mol. The lowest BCUT2D eigenvalue weighted by molar-refractivity contribution is 0.0679. The standard InChI is InChI=1S/C21H23N3O2/c1-23-18-12-24(16-5-2-6-16)13-20(18)26-19-10-14(7-8-17(19)21(23)25)15-4-3-9-22-11-15/h3-4,7-11,16,18,20H,2,5-6,12-13H2,1H3. The zero-order chi connectivity index (χ0) is 17.7. The summed E-state index contributed by atoms with van der Waals surface area (Å²) in [6.07, 6.45) is 7.51. The average molecular weight is 349 g/mol. The van der Waals surface area contributed by atoms with Crippen LogP contribution in [0.5, 0.6) is 5.75 Å². The van der Waals surface area contributed by atoms with E-state index in [2.05, 4.69) is 9.88 Å². The molecule has 1 aliphatic carbocycles. The van der Waals surface area contributed by atoms with Crippen molar-refractivity contribution in [2.24, 2.45) is 0 Å². The molecule has 2 aromatic rings. The second-order valence-corrected chi connectivity index (χ2v) is 7.63. The Kier molecular flexibility index (Phi) is 3.71. The minimum absolute atomic E-state index is 0.0370. The summed E-state index contributed by atoms with van der Waals surface area (Å²) in [5.74, 6) is 0.756. The number of hydrogen-bond donors (Lipinski definition) is 0. The van der Waals surface area contributed by atoms with E-state index in [4.69, 9.17) is 4.74 Å². The molecule has 5 heteroatoms. The number of rotatable bonds is 2. The summed E-state index contributed by atoms with van der Waals surface area (Å²) in [6, 6.07) is 10.6. The van der Waals surface area contributed by atoms with Crippen molar-refractivity contribution in [2.75, 3.05) is 20.1 Å². The number of likely N-dealkylation sites (tertiary alicyclic amines) is 1. The van der Waals surface area contributed by atoms with Crippen LogP contribution in [0.2, 0.25) is 0 Å². The average Bonchev–Trinajstić information content (AvgIpc) is 2.99. The van der Waals surface area contributed by atoms with Crippen molar-refractivity contribution in [3.05, 3.63) is 48.3 Å². The molecule has 0 bridgehead atoms. The van der Waals surface area contributed by atoms with E-state index in [-0.39, 0.29) is 18.1 Å². The summed E-state index contributed by atoms with van der Waals surface area (Å²) in [6.45, 7) is 1.82. The molecule has 134 valence electrons. The molecule has 2 aliphatic heterocycles. The molecule has 1 amide bonds. The third-order valence-electron chi connectivity index (χ3n) is 6.16. The summed E-state index contributed by atoms with van der Waals surface area (Å²) in [7, 11) is 1.91. The van der Waals surface area contributed by atoms with Gasteiger partial charge >= 0.3 is 0 Å². The number of aromatic nitrogens is 1. The topological polar surface area (TPSA) is 45.7 Å². The first-order chi connectivity index (χ1) is 12.7. The molecule has 3 aliphatic rings. The van der Waals surface area contributed by atoms with Gasteiger partial charge in [0.05, 0.1) is 11.6 Å². The van der Waals surface area contributed by atoms with Crippen LogP contribution in [0.1, 0.15) is 29.6 Å². The van der Waals surface area contributed by atoms with Crippen molar-refractivity contribution in [2.45, 2.75) is 37.5 Å². The lowest BCUT2D eigenvalue weighted by atomic mass is 9.92. The van der Waals surface area contributed by atoms with E-state index in [1.807, 2.05) is 48.5 Å². The van der Waals surface area contributed by atoms with Gasteiger partial charge in [-0.1, -0.05) is 18.6 Å². The number of fused-ring (bicyclic) bond motifs is 2. The Labute approximate surface area is 153 Å². The minimum atomic E-state index is 0.0370. The summed E-state index contributed by atoms with van der Waals surface area (Å²) in [4.78, 5) is 21.6. The lowest BCUT2D eigenvalue weighted by Crippen LogP contribution is -2.44. The van der Waals surface area contributed by atoms with Crippen LogP contribution in [-0.4, -0.2) is 59.0 Å². The molecule has 1 aromatic heterocycles. The Morgan fingerprint density at radius 1 is 1.15 bits per heavy atom. The van der Waals surface area contributed by atoms with Crippen molar-refractivity contribution in [3.63, 3.8) is 0 Å². The molecule has 2 unspecified atom stereocenters. The number of benzene rings is 1. The minimum Gasteiger partial charge on any atom is -0.486 e. The van der Waals surface area contributed by atoms with Gasteiger partial charge in [0.2, 0.25) is 0 Å². The molecule has 3 heterocycles. The SMILES string of the molecule is CN1C(=O)c2ccc(-c3cccnc3)cc2OC2CN(C3CCC3)CC21. The van der Waals surface area contributed by atoms with Crippen molar-refractivity contribution < 1.29 is 9.53 Å². The quantitative estimate of drug-likeness (QED) is 0.836. The molecule has 2 fully saturated rings. The highest BCUT2D eigenvalue weighted by Crippen LogP contribution is 2.36. The van der Waals surface area contributed by atoms with Crippen LogP contribution in [-0.2, 0) is 0 Å². The fourth-order valence-corrected chi connectivity index (χ4v) is 4.34. The van der Waals surface area contributed by atoms with Gasteiger partial charge < -0.3 is 9.64 Å². The van der Waals surface area contributed by atoms with Gasteiger partial charge in [0.15, 0.2) is 0 Å². The van der Waals surface area contributed by atoms with Crippen LogP contribution < -0.4 is 4.74 Å². The fraction of sp³-hybridized carbons (Fsp3) is 0.429. The second kappa shape index (κ2) is 6.09. The summed E-state index contributed by atoms with van der Waals surface area (Å²) < 4.78 is 6.41. The van der Waals surface area contributed by atoms with Gasteiger partial charge in [0, 0.05) is 44.1 Å². The number of carbonyl (C=O) groups is 1. The summed E-state index contributed by atoms with van der Waals surface area (Å²) in [5.41, 5.74) is 2.72. The van der Waals surface area contributed by atoms with Crippen LogP contribution in [0.15, 0.2) is 42.7 Å². The number of nitrogens with zero attached hydrogens (tertiary/aromatic N) is 3. The van der Waals surface area contributed by atoms with Gasteiger partial charge in [-0.15, -0.1) is 0 Å². The van der Waals surface area contributed by atoms with Gasteiger partial charge in [-0.25, -0.2) is 0 Å². The molecule has 1 aromatic carbocycles. The second-order valence-electron chi connectivity index (χ2n) is 7.63. The molecular weight excluding hydrogens is 326 g/mol. The van der Waals surface area contributed by atoms with Crippen LogP contribution in [0.3, 0.4) is 0 Å². The van der Waals surface area contributed by atoms with Crippen LogP contribution in [0, 0.1) is 0 Å². The highest BCUT2D eigenvalue weighted by molar-refractivity contribution is 5.98. The van der Waals surface area contributed by atoms with Crippen LogP contribution >= 0.6 is 0 Å². The maximum atomic E-state index is 13.0. The van der Waals surface area contributed by atoms with Crippen molar-refractivity contribution in [1.82, 2.24) is 14.8 Å². The molecule has 1 saturated heterocycles. The predicted octanol–water partition coefficient (Wildman–Crippen LogP) is 2.82. The maximum absolute atomic E-state index is 13.0. The molecule has 0 spiro atoms. The van der Waals surface area contributed by atoms with E-state index in [0.29, 0.717) is 17.4 Å². The van der Waals surface area contributed by atoms with Crippen LogP contribution in [0.4, 0.5) is 0 Å². The number of hydrogen-bond acceptors (Lipinski definition) is 4. The summed E-state index contributed by atoms with van der Waals surface area (Å²) in [5, 5.41) is 0. The molecule has 5 nitrogen and oxygen atoms in total. The molecule has 26 heavy (non-hydrogen) atoms. The first kappa shape index (κ1) is 15.8.